The molecule has 6 heteroatoms. The van der Waals surface area contributed by atoms with Crippen LogP contribution in [0, 0.1) is 0 Å². The standard InChI is InChI=1S/C14H20N4O2/c1-20-14(19)12-3-2-4-16-13(12)18-9-11(10-18)17-7-5-15-6-8-17/h2-4,11,15H,5-10H2,1H3. The molecular weight excluding hydrogens is 256 g/mol. The van der Waals surface area contributed by atoms with Crippen LogP contribution in [0.25, 0.3) is 0 Å². The summed E-state index contributed by atoms with van der Waals surface area (Å²) in [5.41, 5.74) is 0.550. The Morgan fingerprint density at radius 3 is 2.85 bits per heavy atom. The van der Waals surface area contributed by atoms with Gasteiger partial charge in [0.2, 0.25) is 0 Å². The zero-order chi connectivity index (χ0) is 13.9. The minimum Gasteiger partial charge on any atom is -0.465 e. The van der Waals surface area contributed by atoms with Crippen molar-refractivity contribution in [1.29, 1.82) is 0 Å². The van der Waals surface area contributed by atoms with Crippen molar-refractivity contribution in [1.82, 2.24) is 15.2 Å². The number of ether oxygens (including phenoxy) is 1. The largest absolute Gasteiger partial charge is 0.465 e. The molecule has 3 rings (SSSR count). The number of esters is 1. The first-order chi connectivity index (χ1) is 9.79. The van der Waals surface area contributed by atoms with Gasteiger partial charge in [0.1, 0.15) is 11.4 Å². The molecule has 3 heterocycles. The molecule has 0 atom stereocenters. The molecule has 0 bridgehead atoms. The van der Waals surface area contributed by atoms with E-state index in [4.69, 9.17) is 4.74 Å². The predicted molar refractivity (Wildman–Crippen MR) is 76.0 cm³/mol. The van der Waals surface area contributed by atoms with Crippen LogP contribution in [0.4, 0.5) is 5.82 Å². The van der Waals surface area contributed by atoms with E-state index in [0.717, 1.165) is 45.1 Å². The summed E-state index contributed by atoms with van der Waals surface area (Å²) in [6.07, 6.45) is 1.72. The van der Waals surface area contributed by atoms with Crippen LogP contribution >= 0.6 is 0 Å². The summed E-state index contributed by atoms with van der Waals surface area (Å²) in [7, 11) is 1.40. The molecule has 1 aromatic heterocycles. The second kappa shape index (κ2) is 5.76. The number of carbonyl (C=O) groups excluding carboxylic acids is 1. The monoisotopic (exact) mass is 276 g/mol. The van der Waals surface area contributed by atoms with Gasteiger partial charge in [-0.05, 0) is 12.1 Å². The first-order valence-corrected chi connectivity index (χ1v) is 7.02. The molecule has 1 N–H and O–H groups in total. The molecule has 2 fully saturated rings. The molecule has 2 saturated heterocycles. The third-order valence-corrected chi connectivity index (χ3v) is 4.02. The van der Waals surface area contributed by atoms with Crippen LogP contribution in [-0.4, -0.2) is 68.3 Å². The topological polar surface area (TPSA) is 57.7 Å². The minimum absolute atomic E-state index is 0.321. The number of nitrogens with zero attached hydrogens (tertiary/aromatic N) is 3. The first-order valence-electron chi connectivity index (χ1n) is 7.02. The Morgan fingerprint density at radius 1 is 1.40 bits per heavy atom. The van der Waals surface area contributed by atoms with Gasteiger partial charge in [0, 0.05) is 51.5 Å². The highest BCUT2D eigenvalue weighted by Crippen LogP contribution is 2.25. The number of nitrogens with one attached hydrogen (secondary N) is 1. The SMILES string of the molecule is COC(=O)c1cccnc1N1CC(N2CCNCC2)C1. The molecule has 0 aromatic carbocycles. The lowest BCUT2D eigenvalue weighted by atomic mass is 10.0. The summed E-state index contributed by atoms with van der Waals surface area (Å²) in [5.74, 6) is 0.421. The molecule has 0 aliphatic carbocycles. The Kier molecular flexibility index (Phi) is 3.84. The lowest BCUT2D eigenvalue weighted by molar-refractivity contribution is 0.0600. The number of anilines is 1. The molecular formula is C14H20N4O2. The fourth-order valence-corrected chi connectivity index (χ4v) is 2.82. The molecule has 2 aliphatic heterocycles. The molecule has 108 valence electrons. The Balaban J connectivity index is 1.66. The maximum Gasteiger partial charge on any atom is 0.341 e. The number of rotatable bonds is 3. The Morgan fingerprint density at radius 2 is 2.15 bits per heavy atom. The van der Waals surface area contributed by atoms with Gasteiger partial charge >= 0.3 is 5.97 Å². The summed E-state index contributed by atoms with van der Waals surface area (Å²) >= 11 is 0. The Hall–Kier alpha value is -1.66. The van der Waals surface area contributed by atoms with E-state index in [1.165, 1.54) is 7.11 Å². The third kappa shape index (κ3) is 2.48. The second-order valence-corrected chi connectivity index (χ2v) is 5.21. The van der Waals surface area contributed by atoms with Gasteiger partial charge in [-0.3, -0.25) is 4.90 Å². The Bertz CT molecular complexity index is 482. The van der Waals surface area contributed by atoms with Gasteiger partial charge in [-0.25, -0.2) is 9.78 Å². The average Bonchev–Trinajstić information content (AvgIpc) is 2.47. The summed E-state index contributed by atoms with van der Waals surface area (Å²) in [4.78, 5) is 20.8. The van der Waals surface area contributed by atoms with E-state index in [1.54, 1.807) is 18.3 Å². The van der Waals surface area contributed by atoms with Crippen molar-refractivity contribution >= 4 is 11.8 Å². The fourth-order valence-electron chi connectivity index (χ4n) is 2.82. The van der Waals surface area contributed by atoms with Crippen LogP contribution in [0.5, 0.6) is 0 Å². The number of methoxy groups -OCH3 is 1. The van der Waals surface area contributed by atoms with E-state index < -0.39 is 0 Å². The van der Waals surface area contributed by atoms with Crippen molar-refractivity contribution < 1.29 is 9.53 Å². The van der Waals surface area contributed by atoms with E-state index in [9.17, 15) is 4.79 Å². The molecule has 0 spiro atoms. The number of hydrogen-bond acceptors (Lipinski definition) is 6. The normalized spacial score (nSPS) is 20.6. The van der Waals surface area contributed by atoms with E-state index in [-0.39, 0.29) is 5.97 Å². The maximum atomic E-state index is 11.8. The van der Waals surface area contributed by atoms with Gasteiger partial charge in [0.15, 0.2) is 0 Å². The lowest BCUT2D eigenvalue weighted by Gasteiger charge is -2.47. The molecule has 0 saturated carbocycles. The molecule has 6 nitrogen and oxygen atoms in total. The van der Waals surface area contributed by atoms with Crippen molar-refractivity contribution in [3.8, 4) is 0 Å². The molecule has 0 unspecified atom stereocenters. The second-order valence-electron chi connectivity index (χ2n) is 5.21. The van der Waals surface area contributed by atoms with Crippen molar-refractivity contribution in [2.75, 3.05) is 51.3 Å². The number of piperazine rings is 1. The van der Waals surface area contributed by atoms with Crippen LogP contribution in [0.15, 0.2) is 18.3 Å². The maximum absolute atomic E-state index is 11.8. The number of pyridine rings is 1. The molecule has 0 radical (unpaired) electrons. The van der Waals surface area contributed by atoms with Crippen molar-refractivity contribution in [2.24, 2.45) is 0 Å². The van der Waals surface area contributed by atoms with E-state index in [0.29, 0.717) is 11.6 Å². The van der Waals surface area contributed by atoms with Crippen LogP contribution in [0.2, 0.25) is 0 Å². The molecule has 2 aliphatic rings. The summed E-state index contributed by atoms with van der Waals surface area (Å²) in [6.45, 7) is 6.19. The minimum atomic E-state index is -0.321. The summed E-state index contributed by atoms with van der Waals surface area (Å²) in [5, 5.41) is 3.36. The van der Waals surface area contributed by atoms with Gasteiger partial charge in [0.25, 0.3) is 0 Å². The van der Waals surface area contributed by atoms with Gasteiger partial charge in [0.05, 0.1) is 7.11 Å². The number of hydrogen-bond donors (Lipinski definition) is 1. The van der Waals surface area contributed by atoms with Crippen LogP contribution in [0.3, 0.4) is 0 Å². The highest BCUT2D eigenvalue weighted by atomic mass is 16.5. The average molecular weight is 276 g/mol. The van der Waals surface area contributed by atoms with Crippen LogP contribution in [0.1, 0.15) is 10.4 Å². The van der Waals surface area contributed by atoms with E-state index >= 15 is 0 Å². The summed E-state index contributed by atoms with van der Waals surface area (Å²) in [6, 6.07) is 4.11. The smallest absolute Gasteiger partial charge is 0.341 e. The predicted octanol–water partition coefficient (Wildman–Crippen LogP) is -0.0380. The van der Waals surface area contributed by atoms with E-state index in [2.05, 4.69) is 20.1 Å². The van der Waals surface area contributed by atoms with Crippen LogP contribution in [-0.2, 0) is 4.74 Å². The molecule has 0 amide bonds. The van der Waals surface area contributed by atoms with Gasteiger partial charge in [-0.15, -0.1) is 0 Å². The molecule has 1 aromatic rings. The van der Waals surface area contributed by atoms with Crippen molar-refractivity contribution in [3.05, 3.63) is 23.9 Å². The van der Waals surface area contributed by atoms with Gasteiger partial charge in [-0.2, -0.15) is 0 Å². The number of aromatic nitrogens is 1. The summed E-state index contributed by atoms with van der Waals surface area (Å²) < 4.78 is 4.81. The van der Waals surface area contributed by atoms with Crippen molar-refractivity contribution in [3.63, 3.8) is 0 Å². The quantitative estimate of drug-likeness (QED) is 0.782. The van der Waals surface area contributed by atoms with Crippen LogP contribution < -0.4 is 10.2 Å². The highest BCUT2D eigenvalue weighted by Gasteiger charge is 2.34. The first kappa shape index (κ1) is 13.3. The van der Waals surface area contributed by atoms with E-state index in [1.807, 2.05) is 0 Å². The highest BCUT2D eigenvalue weighted by molar-refractivity contribution is 5.94. The molecule has 20 heavy (non-hydrogen) atoms. The van der Waals surface area contributed by atoms with Gasteiger partial charge < -0.3 is 15.0 Å². The Labute approximate surface area is 118 Å². The third-order valence-electron chi connectivity index (χ3n) is 4.02. The number of carbonyl (C=O) groups is 1. The fraction of sp³-hybridized carbons (Fsp3) is 0.571. The lowest BCUT2D eigenvalue weighted by Crippen LogP contribution is -2.63. The zero-order valence-electron chi connectivity index (χ0n) is 11.7. The zero-order valence-corrected chi connectivity index (χ0v) is 11.7. The van der Waals surface area contributed by atoms with Crippen molar-refractivity contribution in [2.45, 2.75) is 6.04 Å². The van der Waals surface area contributed by atoms with Gasteiger partial charge in [-0.1, -0.05) is 0 Å².